The summed E-state index contributed by atoms with van der Waals surface area (Å²) >= 11 is 0. The molecule has 35 heavy (non-hydrogen) atoms. The Bertz CT molecular complexity index is 806. The molecular weight excluding hydrogens is 458 g/mol. The average Bonchev–Trinajstić information content (AvgIpc) is 3.04. The second-order valence-corrected chi connectivity index (χ2v) is 10.8. The highest BCUT2D eigenvalue weighted by atomic mass is 17.3. The Hall–Kier alpha value is -1.75. The molecule has 0 aromatic heterocycles. The number of ether oxygens (including phenoxy) is 3. The summed E-state index contributed by atoms with van der Waals surface area (Å²) in [5, 5.41) is 11.4. The first-order chi connectivity index (χ1) is 16.6. The Morgan fingerprint density at radius 2 is 1.80 bits per heavy atom. The first-order valence-electron chi connectivity index (χ1n) is 13.0. The van der Waals surface area contributed by atoms with Crippen molar-refractivity contribution in [2.45, 2.75) is 109 Å². The molecule has 5 rings (SSSR count). The van der Waals surface area contributed by atoms with E-state index in [4.69, 9.17) is 29.1 Å². The summed E-state index contributed by atoms with van der Waals surface area (Å²) in [4.78, 5) is 47.0. The van der Waals surface area contributed by atoms with Gasteiger partial charge in [0, 0.05) is 37.6 Å². The highest BCUT2D eigenvalue weighted by molar-refractivity contribution is 5.81. The topological polar surface area (TPSA) is 130 Å². The largest absolute Gasteiger partial charge is 0.481 e. The highest BCUT2D eigenvalue weighted by Crippen LogP contribution is 2.60. The number of unbranched alkanes of at least 4 members (excludes halogenated alkanes) is 2. The van der Waals surface area contributed by atoms with Crippen molar-refractivity contribution in [1.29, 1.82) is 0 Å². The minimum absolute atomic E-state index is 0.0248. The molecule has 1 amide bonds. The van der Waals surface area contributed by atoms with E-state index in [1.807, 2.05) is 13.8 Å². The quantitative estimate of drug-likeness (QED) is 0.265. The number of carbonyl (C=O) groups excluding carboxylic acids is 2. The van der Waals surface area contributed by atoms with Crippen molar-refractivity contribution in [1.82, 2.24) is 5.32 Å². The van der Waals surface area contributed by atoms with Gasteiger partial charge in [0.1, 0.15) is 0 Å². The SMILES string of the molecule is C[C@H]1[C@H](OC(=O)CCC(=O)NCCCCCC(=O)O)O[C@@H]2OC3(C)CC[C@H]4[C@H](C)CC[C@@H]1C24OO3. The molecule has 10 nitrogen and oxygen atoms in total. The number of carbonyl (C=O) groups is 3. The summed E-state index contributed by atoms with van der Waals surface area (Å²) < 4.78 is 18.2. The van der Waals surface area contributed by atoms with E-state index in [1.54, 1.807) is 0 Å². The molecular formula is C25H39NO9. The van der Waals surface area contributed by atoms with Gasteiger partial charge in [-0.2, -0.15) is 0 Å². The molecule has 4 aliphatic heterocycles. The first-order valence-corrected chi connectivity index (χ1v) is 13.0. The number of hydrogen-bond donors (Lipinski definition) is 2. The second-order valence-electron chi connectivity index (χ2n) is 10.8. The maximum Gasteiger partial charge on any atom is 0.308 e. The molecule has 8 atom stereocenters. The van der Waals surface area contributed by atoms with Crippen LogP contribution < -0.4 is 5.32 Å². The van der Waals surface area contributed by atoms with E-state index < -0.39 is 35.9 Å². The van der Waals surface area contributed by atoms with E-state index >= 15 is 0 Å². The van der Waals surface area contributed by atoms with Crippen LogP contribution in [0, 0.1) is 23.7 Å². The summed E-state index contributed by atoms with van der Waals surface area (Å²) in [6.07, 6.45) is 4.28. The fourth-order valence-corrected chi connectivity index (χ4v) is 6.30. The van der Waals surface area contributed by atoms with Crippen molar-refractivity contribution in [3.8, 4) is 0 Å². The van der Waals surface area contributed by atoms with Crippen LogP contribution in [0.15, 0.2) is 0 Å². The summed E-state index contributed by atoms with van der Waals surface area (Å²) in [5.41, 5.74) is -0.708. The third-order valence-electron chi connectivity index (χ3n) is 8.29. The molecule has 5 aliphatic rings. The van der Waals surface area contributed by atoms with Crippen LogP contribution in [-0.2, 0) is 38.4 Å². The zero-order valence-corrected chi connectivity index (χ0v) is 21.0. The third kappa shape index (κ3) is 5.50. The summed E-state index contributed by atoms with van der Waals surface area (Å²) in [6.45, 7) is 6.57. The monoisotopic (exact) mass is 497 g/mol. The molecule has 2 N–H and O–H groups in total. The van der Waals surface area contributed by atoms with Crippen LogP contribution in [0.5, 0.6) is 0 Å². The van der Waals surface area contributed by atoms with E-state index in [9.17, 15) is 14.4 Å². The Kier molecular flexibility index (Phi) is 8.05. The second kappa shape index (κ2) is 10.7. The van der Waals surface area contributed by atoms with Crippen LogP contribution in [0.4, 0.5) is 0 Å². The molecule has 0 radical (unpaired) electrons. The lowest BCUT2D eigenvalue weighted by Gasteiger charge is -2.59. The molecule has 1 spiro atoms. The Labute approximate surface area is 206 Å². The zero-order chi connectivity index (χ0) is 25.2. The van der Waals surface area contributed by atoms with Gasteiger partial charge in [-0.3, -0.25) is 14.4 Å². The normalized spacial score (nSPS) is 39.9. The number of hydrogen-bond acceptors (Lipinski definition) is 8. The lowest BCUT2D eigenvalue weighted by atomic mass is 9.58. The predicted octanol–water partition coefficient (Wildman–Crippen LogP) is 3.28. The summed E-state index contributed by atoms with van der Waals surface area (Å²) in [7, 11) is 0. The van der Waals surface area contributed by atoms with Crippen LogP contribution in [0.2, 0.25) is 0 Å². The molecule has 5 fully saturated rings. The number of nitrogens with one attached hydrogen (secondary N) is 1. The number of rotatable bonds is 10. The summed E-state index contributed by atoms with van der Waals surface area (Å²) in [5.74, 6) is -1.79. The number of aliphatic carboxylic acids is 1. The average molecular weight is 498 g/mol. The standard InChI is InChI=1S/C25H39NO9/c1-15-8-9-18-16(2)22(32-23-25(18)17(15)12-13-24(3,33-23)34-35-25)31-21(30)11-10-19(27)26-14-6-4-5-7-20(28)29/h15-18,22-23H,4-14H2,1-3H3,(H,26,27)(H,28,29)/t15-,16-,17+,18+,22-,23-,24?,25?/m1/s1. The van der Waals surface area contributed by atoms with Gasteiger partial charge in [0.15, 0.2) is 11.9 Å². The van der Waals surface area contributed by atoms with Gasteiger partial charge in [-0.05, 0) is 50.9 Å². The number of carboxylic acids is 1. The summed E-state index contributed by atoms with van der Waals surface area (Å²) in [6, 6.07) is 0. The number of amides is 1. The van der Waals surface area contributed by atoms with Gasteiger partial charge in [0.05, 0.1) is 6.42 Å². The predicted molar refractivity (Wildman–Crippen MR) is 121 cm³/mol. The molecule has 0 aromatic carbocycles. The van der Waals surface area contributed by atoms with Gasteiger partial charge in [-0.25, -0.2) is 9.78 Å². The number of fused-ring (bicyclic) bond motifs is 2. The van der Waals surface area contributed by atoms with E-state index in [-0.39, 0.29) is 42.9 Å². The van der Waals surface area contributed by atoms with Crippen LogP contribution in [0.1, 0.15) is 85.0 Å². The van der Waals surface area contributed by atoms with E-state index in [0.29, 0.717) is 31.7 Å². The highest BCUT2D eigenvalue weighted by Gasteiger charge is 2.69. The van der Waals surface area contributed by atoms with Gasteiger partial charge >= 0.3 is 11.9 Å². The van der Waals surface area contributed by atoms with Crippen LogP contribution in [0.3, 0.4) is 0 Å². The van der Waals surface area contributed by atoms with Crippen molar-refractivity contribution < 1.29 is 43.5 Å². The fourth-order valence-electron chi connectivity index (χ4n) is 6.30. The molecule has 1 aliphatic carbocycles. The Balaban J connectivity index is 1.28. The van der Waals surface area contributed by atoms with Crippen molar-refractivity contribution in [3.05, 3.63) is 0 Å². The Morgan fingerprint density at radius 3 is 2.57 bits per heavy atom. The van der Waals surface area contributed by atoms with Crippen LogP contribution in [0.25, 0.3) is 0 Å². The lowest BCUT2D eigenvalue weighted by Crippen LogP contribution is -2.70. The minimum atomic E-state index is -0.890. The van der Waals surface area contributed by atoms with Crippen molar-refractivity contribution in [3.63, 3.8) is 0 Å². The molecule has 4 saturated heterocycles. The molecule has 198 valence electrons. The molecule has 10 heteroatoms. The van der Waals surface area contributed by atoms with Gasteiger partial charge in [-0.15, -0.1) is 0 Å². The van der Waals surface area contributed by atoms with Crippen molar-refractivity contribution in [2.24, 2.45) is 23.7 Å². The van der Waals surface area contributed by atoms with E-state index in [2.05, 4.69) is 12.2 Å². The third-order valence-corrected chi connectivity index (χ3v) is 8.29. The van der Waals surface area contributed by atoms with Crippen molar-refractivity contribution >= 4 is 17.8 Å². The van der Waals surface area contributed by atoms with Crippen LogP contribution in [-0.4, -0.2) is 53.5 Å². The maximum atomic E-state index is 12.6. The maximum absolute atomic E-state index is 12.6. The first kappa shape index (κ1) is 26.3. The van der Waals surface area contributed by atoms with Gasteiger partial charge in [-0.1, -0.05) is 20.3 Å². The molecule has 1 saturated carbocycles. The molecule has 2 bridgehead atoms. The minimum Gasteiger partial charge on any atom is -0.481 e. The molecule has 4 heterocycles. The van der Waals surface area contributed by atoms with Gasteiger partial charge in [0.25, 0.3) is 0 Å². The number of esters is 1. The number of carboxylic acid groups (broad SMARTS) is 1. The van der Waals surface area contributed by atoms with E-state index in [1.165, 1.54) is 0 Å². The van der Waals surface area contributed by atoms with E-state index in [0.717, 1.165) is 25.7 Å². The van der Waals surface area contributed by atoms with Crippen LogP contribution >= 0.6 is 0 Å². The Morgan fingerprint density at radius 1 is 1.00 bits per heavy atom. The smallest absolute Gasteiger partial charge is 0.308 e. The zero-order valence-electron chi connectivity index (χ0n) is 21.0. The van der Waals surface area contributed by atoms with Crippen molar-refractivity contribution in [2.75, 3.05) is 6.54 Å². The molecule has 2 unspecified atom stereocenters. The van der Waals surface area contributed by atoms with Gasteiger partial charge < -0.3 is 24.6 Å². The van der Waals surface area contributed by atoms with Gasteiger partial charge in [0.2, 0.25) is 18.0 Å². The molecule has 0 aromatic rings. The fraction of sp³-hybridized carbons (Fsp3) is 0.880. The lowest BCUT2D eigenvalue weighted by molar-refractivity contribution is -0.576.